The Kier molecular flexibility index (Phi) is 4.41. The molecule has 1 atom stereocenters. The number of rotatable bonds is 4. The van der Waals surface area contributed by atoms with Crippen LogP contribution in [0.15, 0.2) is 47.4 Å². The molecular formula is C16H13Cl3N2O2. The van der Waals surface area contributed by atoms with E-state index in [2.05, 4.69) is 5.32 Å². The summed E-state index contributed by atoms with van der Waals surface area (Å²) in [6.07, 6.45) is 2.01. The van der Waals surface area contributed by atoms with Crippen LogP contribution in [-0.2, 0) is 11.3 Å². The van der Waals surface area contributed by atoms with Crippen LogP contribution in [0.2, 0.25) is 5.02 Å². The Hall–Kier alpha value is -1.49. The predicted octanol–water partition coefficient (Wildman–Crippen LogP) is 3.68. The van der Waals surface area contributed by atoms with Crippen LogP contribution in [-0.4, -0.2) is 14.8 Å². The fourth-order valence-electron chi connectivity index (χ4n) is 2.27. The SMILES string of the molecule is O=C(Nc1ccc(=O)n(Cc2ccccc2Cl)c1)C1CC1(Cl)Cl. The molecule has 1 fully saturated rings. The largest absolute Gasteiger partial charge is 0.324 e. The van der Waals surface area contributed by atoms with Gasteiger partial charge in [0.15, 0.2) is 0 Å². The Morgan fingerprint density at radius 3 is 2.61 bits per heavy atom. The molecule has 1 aliphatic rings. The van der Waals surface area contributed by atoms with Gasteiger partial charge in [-0.05, 0) is 24.1 Å². The van der Waals surface area contributed by atoms with Gasteiger partial charge in [0, 0.05) is 17.3 Å². The van der Waals surface area contributed by atoms with E-state index in [0.717, 1.165) is 5.56 Å². The van der Waals surface area contributed by atoms with Gasteiger partial charge in [-0.2, -0.15) is 0 Å². The van der Waals surface area contributed by atoms with Crippen LogP contribution >= 0.6 is 34.8 Å². The Labute approximate surface area is 148 Å². The fourth-order valence-corrected chi connectivity index (χ4v) is 2.97. The minimum atomic E-state index is -0.976. The number of hydrogen-bond acceptors (Lipinski definition) is 2. The molecular weight excluding hydrogens is 359 g/mol. The van der Waals surface area contributed by atoms with Crippen molar-refractivity contribution in [2.75, 3.05) is 5.32 Å². The lowest BCUT2D eigenvalue weighted by Crippen LogP contribution is -2.22. The van der Waals surface area contributed by atoms with Gasteiger partial charge in [-0.15, -0.1) is 23.2 Å². The molecule has 2 aromatic rings. The summed E-state index contributed by atoms with van der Waals surface area (Å²) in [7, 11) is 0. The third kappa shape index (κ3) is 3.71. The number of benzene rings is 1. The standard InChI is InChI=1S/C16H13Cl3N2O2/c17-13-4-2-1-3-10(13)8-21-9-11(5-6-14(21)22)20-15(23)12-7-16(12,18)19/h1-6,9,12H,7-8H2,(H,20,23). The van der Waals surface area contributed by atoms with Gasteiger partial charge >= 0.3 is 0 Å². The second-order valence-electron chi connectivity index (χ2n) is 5.48. The van der Waals surface area contributed by atoms with Gasteiger partial charge in [0.2, 0.25) is 5.91 Å². The number of hydrogen-bond donors (Lipinski definition) is 1. The number of halogens is 3. The van der Waals surface area contributed by atoms with Crippen molar-refractivity contribution in [2.24, 2.45) is 5.92 Å². The number of carbonyl (C=O) groups excluding carboxylic acids is 1. The van der Waals surface area contributed by atoms with Gasteiger partial charge in [-0.1, -0.05) is 29.8 Å². The molecule has 1 amide bonds. The first-order valence-corrected chi connectivity index (χ1v) is 8.13. The third-order valence-electron chi connectivity index (χ3n) is 3.69. The molecule has 1 N–H and O–H groups in total. The zero-order valence-corrected chi connectivity index (χ0v) is 14.2. The van der Waals surface area contributed by atoms with Crippen molar-refractivity contribution < 1.29 is 4.79 Å². The number of anilines is 1. The van der Waals surface area contributed by atoms with E-state index in [9.17, 15) is 9.59 Å². The smallest absolute Gasteiger partial charge is 0.250 e. The van der Waals surface area contributed by atoms with Crippen molar-refractivity contribution >= 4 is 46.4 Å². The second-order valence-corrected chi connectivity index (χ2v) is 7.43. The molecule has 1 unspecified atom stereocenters. The van der Waals surface area contributed by atoms with E-state index in [1.807, 2.05) is 18.2 Å². The highest BCUT2D eigenvalue weighted by molar-refractivity contribution is 6.52. The summed E-state index contributed by atoms with van der Waals surface area (Å²) in [4.78, 5) is 24.0. The molecule has 0 radical (unpaired) electrons. The second kappa shape index (κ2) is 6.19. The lowest BCUT2D eigenvalue weighted by atomic mass is 10.2. The topological polar surface area (TPSA) is 51.1 Å². The molecule has 0 saturated heterocycles. The van der Waals surface area contributed by atoms with Gasteiger partial charge in [0.1, 0.15) is 4.33 Å². The van der Waals surface area contributed by atoms with E-state index in [1.54, 1.807) is 18.3 Å². The normalized spacial score (nSPS) is 18.5. The third-order valence-corrected chi connectivity index (χ3v) is 4.90. The zero-order valence-electron chi connectivity index (χ0n) is 11.9. The average molecular weight is 372 g/mol. The molecule has 1 aromatic heterocycles. The van der Waals surface area contributed by atoms with Crippen LogP contribution in [0.4, 0.5) is 5.69 Å². The van der Waals surface area contributed by atoms with E-state index >= 15 is 0 Å². The summed E-state index contributed by atoms with van der Waals surface area (Å²) < 4.78 is 0.508. The average Bonchev–Trinajstić information content (AvgIpc) is 3.14. The van der Waals surface area contributed by atoms with E-state index < -0.39 is 10.3 Å². The number of nitrogens with zero attached hydrogens (tertiary/aromatic N) is 1. The van der Waals surface area contributed by atoms with E-state index in [1.165, 1.54) is 10.6 Å². The lowest BCUT2D eigenvalue weighted by molar-refractivity contribution is -0.117. The van der Waals surface area contributed by atoms with Gasteiger partial charge in [-0.25, -0.2) is 0 Å². The summed E-state index contributed by atoms with van der Waals surface area (Å²) in [6, 6.07) is 10.2. The molecule has 1 aliphatic carbocycles. The highest BCUT2D eigenvalue weighted by atomic mass is 35.5. The minimum absolute atomic E-state index is 0.182. The number of nitrogens with one attached hydrogen (secondary N) is 1. The fraction of sp³-hybridized carbons (Fsp3) is 0.250. The molecule has 1 aromatic carbocycles. The van der Waals surface area contributed by atoms with Crippen LogP contribution < -0.4 is 10.9 Å². The Balaban J connectivity index is 1.78. The van der Waals surface area contributed by atoms with Gasteiger partial charge in [0.25, 0.3) is 5.56 Å². The van der Waals surface area contributed by atoms with Crippen molar-refractivity contribution in [3.8, 4) is 0 Å². The molecule has 23 heavy (non-hydrogen) atoms. The van der Waals surface area contributed by atoms with Crippen molar-refractivity contribution in [1.82, 2.24) is 4.57 Å². The first-order valence-electron chi connectivity index (χ1n) is 6.99. The summed E-state index contributed by atoms with van der Waals surface area (Å²) in [6.45, 7) is 0.320. The summed E-state index contributed by atoms with van der Waals surface area (Å²) >= 11 is 17.9. The van der Waals surface area contributed by atoms with Crippen LogP contribution in [0.3, 0.4) is 0 Å². The maximum atomic E-state index is 12.0. The zero-order chi connectivity index (χ0) is 16.6. The predicted molar refractivity (Wildman–Crippen MR) is 92.4 cm³/mol. The Bertz CT molecular complexity index is 817. The van der Waals surface area contributed by atoms with Gasteiger partial charge < -0.3 is 9.88 Å². The molecule has 120 valence electrons. The van der Waals surface area contributed by atoms with Crippen LogP contribution in [0.25, 0.3) is 0 Å². The van der Waals surface area contributed by atoms with Gasteiger partial charge in [0.05, 0.1) is 18.2 Å². The van der Waals surface area contributed by atoms with E-state index in [-0.39, 0.29) is 11.5 Å². The van der Waals surface area contributed by atoms with Crippen molar-refractivity contribution in [3.05, 3.63) is 63.5 Å². The summed E-state index contributed by atoms with van der Waals surface area (Å²) in [5.41, 5.74) is 1.15. The summed E-state index contributed by atoms with van der Waals surface area (Å²) in [5.74, 6) is -0.673. The quantitative estimate of drug-likeness (QED) is 0.834. The first kappa shape index (κ1) is 16.4. The maximum absolute atomic E-state index is 12.0. The lowest BCUT2D eigenvalue weighted by Gasteiger charge is -2.10. The van der Waals surface area contributed by atoms with E-state index in [0.29, 0.717) is 23.7 Å². The molecule has 1 heterocycles. The number of pyridine rings is 1. The number of amides is 1. The van der Waals surface area contributed by atoms with Crippen LogP contribution in [0.5, 0.6) is 0 Å². The minimum Gasteiger partial charge on any atom is -0.324 e. The molecule has 1 saturated carbocycles. The number of alkyl halides is 2. The molecule has 0 bridgehead atoms. The molecule has 0 aliphatic heterocycles. The molecule has 0 spiro atoms. The summed E-state index contributed by atoms with van der Waals surface area (Å²) in [5, 5.41) is 3.31. The number of carbonyl (C=O) groups is 1. The van der Waals surface area contributed by atoms with Crippen molar-refractivity contribution in [3.63, 3.8) is 0 Å². The molecule has 3 rings (SSSR count). The first-order chi connectivity index (χ1) is 10.9. The van der Waals surface area contributed by atoms with Crippen molar-refractivity contribution in [2.45, 2.75) is 17.3 Å². The van der Waals surface area contributed by atoms with Crippen LogP contribution in [0.1, 0.15) is 12.0 Å². The molecule has 7 heteroatoms. The highest BCUT2D eigenvalue weighted by Crippen LogP contribution is 2.53. The number of aromatic nitrogens is 1. The van der Waals surface area contributed by atoms with Crippen LogP contribution in [0, 0.1) is 5.92 Å². The maximum Gasteiger partial charge on any atom is 0.250 e. The molecule has 4 nitrogen and oxygen atoms in total. The van der Waals surface area contributed by atoms with Crippen molar-refractivity contribution in [1.29, 1.82) is 0 Å². The monoisotopic (exact) mass is 370 g/mol. The van der Waals surface area contributed by atoms with Gasteiger partial charge in [-0.3, -0.25) is 9.59 Å². The Morgan fingerprint density at radius 1 is 1.26 bits per heavy atom. The van der Waals surface area contributed by atoms with E-state index in [4.69, 9.17) is 34.8 Å². The Morgan fingerprint density at radius 2 is 1.96 bits per heavy atom. The highest BCUT2D eigenvalue weighted by Gasteiger charge is 2.56.